The Labute approximate surface area is 148 Å². The molecule has 0 atom stereocenters. The second kappa shape index (κ2) is 7.75. The van der Waals surface area contributed by atoms with Crippen LogP contribution < -0.4 is 4.74 Å². The van der Waals surface area contributed by atoms with E-state index in [9.17, 15) is 4.39 Å². The summed E-state index contributed by atoms with van der Waals surface area (Å²) in [5.41, 5.74) is 0.920. The minimum absolute atomic E-state index is 0.206. The van der Waals surface area contributed by atoms with Crippen LogP contribution in [0.4, 0.5) is 4.39 Å². The molecule has 1 aliphatic heterocycles. The van der Waals surface area contributed by atoms with Crippen LogP contribution in [0.15, 0.2) is 34.1 Å². The van der Waals surface area contributed by atoms with Gasteiger partial charge in [-0.2, -0.15) is 0 Å². The number of thiophene rings is 1. The second-order valence-electron chi connectivity index (χ2n) is 5.71. The zero-order chi connectivity index (χ0) is 16.2. The quantitative estimate of drug-likeness (QED) is 0.757. The van der Waals surface area contributed by atoms with E-state index in [0.717, 1.165) is 50.6 Å². The van der Waals surface area contributed by atoms with Crippen molar-refractivity contribution in [1.82, 2.24) is 9.80 Å². The number of methoxy groups -OCH3 is 1. The van der Waals surface area contributed by atoms with Crippen molar-refractivity contribution >= 4 is 27.3 Å². The van der Waals surface area contributed by atoms with Crippen molar-refractivity contribution in [3.05, 3.63) is 50.4 Å². The van der Waals surface area contributed by atoms with Crippen LogP contribution in [0.3, 0.4) is 0 Å². The summed E-state index contributed by atoms with van der Waals surface area (Å²) in [6.45, 7) is 5.80. The van der Waals surface area contributed by atoms with Crippen molar-refractivity contribution in [1.29, 1.82) is 0 Å². The van der Waals surface area contributed by atoms with Gasteiger partial charge in [-0.3, -0.25) is 9.80 Å². The van der Waals surface area contributed by atoms with Crippen molar-refractivity contribution in [3.8, 4) is 5.75 Å². The van der Waals surface area contributed by atoms with E-state index < -0.39 is 0 Å². The van der Waals surface area contributed by atoms with Gasteiger partial charge >= 0.3 is 0 Å². The number of nitrogens with zero attached hydrogens (tertiary/aromatic N) is 2. The Kier molecular flexibility index (Phi) is 5.69. The molecule has 3 nitrogen and oxygen atoms in total. The van der Waals surface area contributed by atoms with Gasteiger partial charge in [0.15, 0.2) is 0 Å². The van der Waals surface area contributed by atoms with Crippen LogP contribution >= 0.6 is 27.3 Å². The first-order valence-electron chi connectivity index (χ1n) is 7.65. The first-order chi connectivity index (χ1) is 11.1. The fourth-order valence-electron chi connectivity index (χ4n) is 2.87. The molecule has 1 aromatic carbocycles. The molecule has 1 aliphatic rings. The van der Waals surface area contributed by atoms with Gasteiger partial charge < -0.3 is 4.74 Å². The highest BCUT2D eigenvalue weighted by atomic mass is 79.9. The smallest absolute Gasteiger partial charge is 0.123 e. The van der Waals surface area contributed by atoms with Crippen LogP contribution in [0, 0.1) is 5.82 Å². The summed E-state index contributed by atoms with van der Waals surface area (Å²) >= 11 is 5.31. The third-order valence-corrected chi connectivity index (χ3v) is 5.72. The molecule has 0 bridgehead atoms. The predicted molar refractivity (Wildman–Crippen MR) is 95.5 cm³/mol. The van der Waals surface area contributed by atoms with Gasteiger partial charge in [-0.25, -0.2) is 4.39 Å². The zero-order valence-corrected chi connectivity index (χ0v) is 15.5. The normalized spacial score (nSPS) is 16.7. The summed E-state index contributed by atoms with van der Waals surface area (Å²) < 4.78 is 20.0. The Morgan fingerprint density at radius 1 is 1.09 bits per heavy atom. The molecule has 0 spiro atoms. The van der Waals surface area contributed by atoms with Crippen molar-refractivity contribution in [3.63, 3.8) is 0 Å². The molecule has 0 aliphatic carbocycles. The molecule has 1 aromatic heterocycles. The highest BCUT2D eigenvalue weighted by Crippen LogP contribution is 2.24. The molecule has 0 unspecified atom stereocenters. The van der Waals surface area contributed by atoms with E-state index in [4.69, 9.17) is 4.74 Å². The van der Waals surface area contributed by atoms with Crippen LogP contribution in [0.5, 0.6) is 5.75 Å². The molecule has 6 heteroatoms. The van der Waals surface area contributed by atoms with Crippen molar-refractivity contribution in [2.24, 2.45) is 0 Å². The summed E-state index contributed by atoms with van der Waals surface area (Å²) in [6.07, 6.45) is 0. The molecule has 2 heterocycles. The van der Waals surface area contributed by atoms with E-state index in [1.807, 2.05) is 0 Å². The Bertz CT molecular complexity index is 656. The van der Waals surface area contributed by atoms with E-state index >= 15 is 0 Å². The van der Waals surface area contributed by atoms with Gasteiger partial charge in [0.05, 0.1) is 10.9 Å². The number of piperazine rings is 1. The standard InChI is InChI=1S/C17H20BrFN2OS/c1-22-16-4-2-14(19)10-13(16)11-20-6-8-21(9-7-20)12-15-3-5-17(18)23-15/h2-5,10H,6-9,11-12H2,1H3. The van der Waals surface area contributed by atoms with Crippen LogP contribution in [-0.2, 0) is 13.1 Å². The average molecular weight is 399 g/mol. The van der Waals surface area contributed by atoms with Crippen LogP contribution in [-0.4, -0.2) is 43.1 Å². The first kappa shape index (κ1) is 16.9. The van der Waals surface area contributed by atoms with Gasteiger partial charge in [0.25, 0.3) is 0 Å². The summed E-state index contributed by atoms with van der Waals surface area (Å²) in [5, 5.41) is 0. The third-order valence-electron chi connectivity index (χ3n) is 4.11. The van der Waals surface area contributed by atoms with E-state index in [-0.39, 0.29) is 5.82 Å². The molecular weight excluding hydrogens is 379 g/mol. The van der Waals surface area contributed by atoms with Gasteiger partial charge in [-0.15, -0.1) is 11.3 Å². The minimum atomic E-state index is -0.206. The SMILES string of the molecule is COc1ccc(F)cc1CN1CCN(Cc2ccc(Br)s2)CC1. The Hall–Kier alpha value is -0.950. The molecule has 0 N–H and O–H groups in total. The van der Waals surface area contributed by atoms with E-state index in [1.165, 1.54) is 14.7 Å². The number of ether oxygens (including phenoxy) is 1. The summed E-state index contributed by atoms with van der Waals surface area (Å²) in [4.78, 5) is 6.22. The van der Waals surface area contributed by atoms with Gasteiger partial charge in [-0.05, 0) is 46.3 Å². The molecule has 1 saturated heterocycles. The minimum Gasteiger partial charge on any atom is -0.496 e. The third kappa shape index (κ3) is 4.53. The second-order valence-corrected chi connectivity index (χ2v) is 8.26. The van der Waals surface area contributed by atoms with Crippen LogP contribution in [0.25, 0.3) is 0 Å². The average Bonchev–Trinajstić information content (AvgIpc) is 2.95. The lowest BCUT2D eigenvalue weighted by Gasteiger charge is -2.34. The molecule has 2 aromatic rings. The van der Waals surface area contributed by atoms with Crippen LogP contribution in [0.1, 0.15) is 10.4 Å². The molecule has 1 fully saturated rings. The van der Waals surface area contributed by atoms with E-state index in [1.54, 1.807) is 30.6 Å². The highest BCUT2D eigenvalue weighted by molar-refractivity contribution is 9.11. The van der Waals surface area contributed by atoms with Gasteiger partial charge in [0, 0.05) is 49.7 Å². The van der Waals surface area contributed by atoms with Gasteiger partial charge in [0.2, 0.25) is 0 Å². The number of hydrogen-bond acceptors (Lipinski definition) is 4. The molecule has 0 saturated carbocycles. The predicted octanol–water partition coefficient (Wildman–Crippen LogP) is 3.98. The van der Waals surface area contributed by atoms with Gasteiger partial charge in [0.1, 0.15) is 11.6 Å². The first-order valence-corrected chi connectivity index (χ1v) is 9.26. The van der Waals surface area contributed by atoms with Crippen molar-refractivity contribution in [2.45, 2.75) is 13.1 Å². The maximum Gasteiger partial charge on any atom is 0.123 e. The fraction of sp³-hybridized carbons (Fsp3) is 0.412. The topological polar surface area (TPSA) is 15.7 Å². The summed E-state index contributed by atoms with van der Waals surface area (Å²) in [6, 6.07) is 9.01. The van der Waals surface area contributed by atoms with Gasteiger partial charge in [-0.1, -0.05) is 0 Å². The van der Waals surface area contributed by atoms with Crippen molar-refractivity contribution < 1.29 is 9.13 Å². The number of rotatable bonds is 5. The zero-order valence-electron chi connectivity index (χ0n) is 13.1. The Balaban J connectivity index is 1.54. The fourth-order valence-corrected chi connectivity index (χ4v) is 4.40. The lowest BCUT2D eigenvalue weighted by molar-refractivity contribution is 0.122. The molecular formula is C17H20BrFN2OS. The van der Waals surface area contributed by atoms with E-state index in [2.05, 4.69) is 37.9 Å². The maximum absolute atomic E-state index is 13.5. The van der Waals surface area contributed by atoms with E-state index in [0.29, 0.717) is 0 Å². The molecule has 124 valence electrons. The Morgan fingerprint density at radius 3 is 2.39 bits per heavy atom. The maximum atomic E-state index is 13.5. The summed E-state index contributed by atoms with van der Waals surface area (Å²) in [5.74, 6) is 0.556. The van der Waals surface area contributed by atoms with Crippen molar-refractivity contribution in [2.75, 3.05) is 33.3 Å². The largest absolute Gasteiger partial charge is 0.496 e. The van der Waals surface area contributed by atoms with Crippen LogP contribution in [0.2, 0.25) is 0 Å². The molecule has 0 amide bonds. The summed E-state index contributed by atoms with van der Waals surface area (Å²) in [7, 11) is 1.63. The number of benzene rings is 1. The molecule has 0 radical (unpaired) electrons. The Morgan fingerprint density at radius 2 is 1.78 bits per heavy atom. The molecule has 23 heavy (non-hydrogen) atoms. The molecule has 3 rings (SSSR count). The highest BCUT2D eigenvalue weighted by Gasteiger charge is 2.19. The number of hydrogen-bond donors (Lipinski definition) is 0. The monoisotopic (exact) mass is 398 g/mol. The lowest BCUT2D eigenvalue weighted by atomic mass is 10.1. The number of halogens is 2. The lowest BCUT2D eigenvalue weighted by Crippen LogP contribution is -2.45.